The zero-order valence-electron chi connectivity index (χ0n) is 16.7. The van der Waals surface area contributed by atoms with Crippen LogP contribution in [0.5, 0.6) is 0 Å². The van der Waals surface area contributed by atoms with E-state index in [9.17, 15) is 19.5 Å². The number of carbonyl (C=O) groups excluding carboxylic acids is 3. The predicted octanol–water partition coefficient (Wildman–Crippen LogP) is 3.13. The molecule has 6 heteroatoms. The minimum atomic E-state index is -0.983. The Morgan fingerprint density at radius 2 is 1.67 bits per heavy atom. The van der Waals surface area contributed by atoms with Crippen LogP contribution in [0.25, 0.3) is 10.9 Å². The lowest BCUT2D eigenvalue weighted by Gasteiger charge is -2.21. The van der Waals surface area contributed by atoms with Crippen molar-refractivity contribution in [2.75, 3.05) is 6.54 Å². The molecule has 1 aromatic heterocycles. The van der Waals surface area contributed by atoms with Crippen LogP contribution in [0.15, 0.2) is 42.5 Å². The molecular weight excluding hydrogens is 380 g/mol. The molecule has 0 fully saturated rings. The Kier molecular flexibility index (Phi) is 4.33. The van der Waals surface area contributed by atoms with Gasteiger partial charge in [-0.05, 0) is 49.6 Å². The van der Waals surface area contributed by atoms with Crippen molar-refractivity contribution in [3.05, 3.63) is 70.4 Å². The first kappa shape index (κ1) is 18.8. The van der Waals surface area contributed by atoms with Crippen LogP contribution in [0, 0.1) is 6.92 Å². The van der Waals surface area contributed by atoms with E-state index in [2.05, 4.69) is 6.07 Å². The van der Waals surface area contributed by atoms with Gasteiger partial charge >= 0.3 is 0 Å². The van der Waals surface area contributed by atoms with Crippen LogP contribution in [-0.2, 0) is 13.0 Å². The highest BCUT2D eigenvalue weighted by Crippen LogP contribution is 2.33. The molecule has 1 aliphatic carbocycles. The second-order valence-corrected chi connectivity index (χ2v) is 8.16. The van der Waals surface area contributed by atoms with Gasteiger partial charge in [0.25, 0.3) is 11.8 Å². The molecule has 3 aromatic rings. The highest BCUT2D eigenvalue weighted by Gasteiger charge is 2.36. The van der Waals surface area contributed by atoms with Crippen LogP contribution in [0.1, 0.15) is 55.2 Å². The van der Waals surface area contributed by atoms with Crippen molar-refractivity contribution in [1.29, 1.82) is 0 Å². The number of aryl methyl sites for hydroxylation is 2. The van der Waals surface area contributed by atoms with Crippen molar-refractivity contribution in [3.8, 4) is 0 Å². The molecule has 1 atom stereocenters. The van der Waals surface area contributed by atoms with E-state index in [0.29, 0.717) is 23.2 Å². The molecule has 0 unspecified atom stereocenters. The highest BCUT2D eigenvalue weighted by molar-refractivity contribution is 6.21. The average molecular weight is 402 g/mol. The standard InChI is InChI=1S/C24H22N2O4/c1-14-9-10-20-19(11-14)16-7-4-8-21(28)22(16)25(20)12-15(27)13-26-23(29)17-5-2-3-6-18(17)24(26)30/h2-3,5-6,9-11,15,27H,4,7-8,12-13H2,1H3/t15-/m1/s1. The van der Waals surface area contributed by atoms with Gasteiger partial charge in [-0.25, -0.2) is 0 Å². The summed E-state index contributed by atoms with van der Waals surface area (Å²) in [6.45, 7) is 2.06. The molecule has 1 aliphatic heterocycles. The fourth-order valence-electron chi connectivity index (χ4n) is 4.73. The van der Waals surface area contributed by atoms with Gasteiger partial charge in [0.05, 0.1) is 36.0 Å². The fourth-order valence-corrected chi connectivity index (χ4v) is 4.73. The zero-order chi connectivity index (χ0) is 21.0. The number of aromatic nitrogens is 1. The second kappa shape index (κ2) is 6.92. The van der Waals surface area contributed by atoms with E-state index in [0.717, 1.165) is 39.8 Å². The Hall–Kier alpha value is -3.25. The number of β-amino-alcohol motifs (C(OH)–C–C–N with tert-alkyl or cyclic N) is 1. The van der Waals surface area contributed by atoms with Crippen LogP contribution in [0.3, 0.4) is 0 Å². The number of aliphatic hydroxyl groups is 1. The van der Waals surface area contributed by atoms with Gasteiger partial charge in [-0.2, -0.15) is 0 Å². The number of amides is 2. The summed E-state index contributed by atoms with van der Waals surface area (Å²) < 4.78 is 1.87. The Morgan fingerprint density at radius 1 is 0.967 bits per heavy atom. The number of benzene rings is 2. The number of carbonyl (C=O) groups is 3. The Balaban J connectivity index is 1.47. The summed E-state index contributed by atoms with van der Waals surface area (Å²) in [6, 6.07) is 12.7. The molecule has 1 N–H and O–H groups in total. The fraction of sp³-hybridized carbons (Fsp3) is 0.292. The van der Waals surface area contributed by atoms with E-state index in [1.807, 2.05) is 23.6 Å². The normalized spacial score (nSPS) is 16.9. The quantitative estimate of drug-likeness (QED) is 0.680. The SMILES string of the molecule is Cc1ccc2c(c1)c1c(n2C[C@@H](O)CN2C(=O)c3ccccc3C2=O)C(=O)CCC1. The molecular formula is C24H22N2O4. The third-order valence-corrected chi connectivity index (χ3v) is 6.08. The predicted molar refractivity (Wildman–Crippen MR) is 112 cm³/mol. The van der Waals surface area contributed by atoms with Crippen molar-refractivity contribution < 1.29 is 19.5 Å². The van der Waals surface area contributed by atoms with Crippen molar-refractivity contribution >= 4 is 28.5 Å². The summed E-state index contributed by atoms with van der Waals surface area (Å²) in [6.07, 6.45) is 1.18. The molecule has 2 amide bonds. The zero-order valence-corrected chi connectivity index (χ0v) is 16.7. The van der Waals surface area contributed by atoms with Crippen LogP contribution >= 0.6 is 0 Å². The molecule has 2 aromatic carbocycles. The van der Waals surface area contributed by atoms with E-state index in [1.165, 1.54) is 0 Å². The lowest BCUT2D eigenvalue weighted by Crippen LogP contribution is -2.39. The monoisotopic (exact) mass is 402 g/mol. The van der Waals surface area contributed by atoms with Crippen LogP contribution in [0.2, 0.25) is 0 Å². The highest BCUT2D eigenvalue weighted by atomic mass is 16.3. The van der Waals surface area contributed by atoms with Crippen molar-refractivity contribution in [3.63, 3.8) is 0 Å². The summed E-state index contributed by atoms with van der Waals surface area (Å²) >= 11 is 0. The molecule has 2 heterocycles. The van der Waals surface area contributed by atoms with Gasteiger partial charge in [-0.1, -0.05) is 23.8 Å². The lowest BCUT2D eigenvalue weighted by atomic mass is 9.94. The molecule has 30 heavy (non-hydrogen) atoms. The number of hydrogen-bond acceptors (Lipinski definition) is 4. The molecule has 0 saturated heterocycles. The minimum Gasteiger partial charge on any atom is -0.389 e. The maximum absolute atomic E-state index is 12.7. The number of rotatable bonds is 4. The van der Waals surface area contributed by atoms with Gasteiger partial charge < -0.3 is 9.67 Å². The van der Waals surface area contributed by atoms with Gasteiger partial charge in [0.1, 0.15) is 0 Å². The first-order valence-corrected chi connectivity index (χ1v) is 10.2. The van der Waals surface area contributed by atoms with E-state index in [-0.39, 0.29) is 30.7 Å². The van der Waals surface area contributed by atoms with E-state index in [1.54, 1.807) is 24.3 Å². The number of nitrogens with zero attached hydrogens (tertiary/aromatic N) is 2. The number of fused-ring (bicyclic) bond motifs is 4. The third-order valence-electron chi connectivity index (χ3n) is 6.08. The molecule has 6 nitrogen and oxygen atoms in total. The summed E-state index contributed by atoms with van der Waals surface area (Å²) in [4.78, 5) is 39.0. The molecule has 0 saturated carbocycles. The Morgan fingerprint density at radius 3 is 2.37 bits per heavy atom. The second-order valence-electron chi connectivity index (χ2n) is 8.16. The van der Waals surface area contributed by atoms with Gasteiger partial charge in [-0.15, -0.1) is 0 Å². The summed E-state index contributed by atoms with van der Waals surface area (Å²) in [5.74, 6) is -0.695. The van der Waals surface area contributed by atoms with Gasteiger partial charge in [0.15, 0.2) is 5.78 Å². The molecule has 0 bridgehead atoms. The number of hydrogen-bond donors (Lipinski definition) is 1. The summed E-state index contributed by atoms with van der Waals surface area (Å²) in [7, 11) is 0. The smallest absolute Gasteiger partial charge is 0.261 e. The van der Waals surface area contributed by atoms with Crippen molar-refractivity contribution in [2.45, 2.75) is 38.8 Å². The average Bonchev–Trinajstić information content (AvgIpc) is 3.16. The molecule has 5 rings (SSSR count). The molecule has 152 valence electrons. The molecule has 0 spiro atoms. The van der Waals surface area contributed by atoms with Crippen molar-refractivity contribution in [1.82, 2.24) is 9.47 Å². The number of imide groups is 1. The topological polar surface area (TPSA) is 79.6 Å². The maximum Gasteiger partial charge on any atom is 0.261 e. The summed E-state index contributed by atoms with van der Waals surface area (Å²) in [5, 5.41) is 11.9. The number of Topliss-reactive ketones (excluding diaryl/α,β-unsaturated/α-hetero) is 1. The largest absolute Gasteiger partial charge is 0.389 e. The maximum atomic E-state index is 12.7. The van der Waals surface area contributed by atoms with Crippen LogP contribution < -0.4 is 0 Å². The number of aliphatic hydroxyl groups excluding tert-OH is 1. The summed E-state index contributed by atoms with van der Waals surface area (Å²) in [5.41, 5.74) is 4.45. The van der Waals surface area contributed by atoms with Crippen LogP contribution in [0.4, 0.5) is 0 Å². The van der Waals surface area contributed by atoms with Gasteiger partial charge in [0.2, 0.25) is 0 Å². The first-order valence-electron chi connectivity index (χ1n) is 10.2. The van der Waals surface area contributed by atoms with Gasteiger partial charge in [0, 0.05) is 17.3 Å². The Labute approximate surface area is 173 Å². The van der Waals surface area contributed by atoms with E-state index >= 15 is 0 Å². The van der Waals surface area contributed by atoms with E-state index < -0.39 is 6.10 Å². The van der Waals surface area contributed by atoms with Gasteiger partial charge in [-0.3, -0.25) is 19.3 Å². The first-order chi connectivity index (χ1) is 14.5. The third kappa shape index (κ3) is 2.79. The molecule has 2 aliphatic rings. The van der Waals surface area contributed by atoms with Crippen molar-refractivity contribution in [2.24, 2.45) is 0 Å². The van der Waals surface area contributed by atoms with E-state index in [4.69, 9.17) is 0 Å². The minimum absolute atomic E-state index is 0.0815. The van der Waals surface area contributed by atoms with Crippen LogP contribution in [-0.4, -0.2) is 44.8 Å². The lowest BCUT2D eigenvalue weighted by molar-refractivity contribution is 0.0520. The Bertz CT molecular complexity index is 1190. The molecule has 0 radical (unpaired) electrons. The number of ketones is 1.